The summed E-state index contributed by atoms with van der Waals surface area (Å²) in [6.07, 6.45) is 1.73. The lowest BCUT2D eigenvalue weighted by Crippen LogP contribution is -2.44. The van der Waals surface area contributed by atoms with Crippen LogP contribution in [0.1, 0.15) is 30.1 Å². The number of para-hydroxylation sites is 1. The quantitative estimate of drug-likeness (QED) is 0.459. The molecule has 0 unspecified atom stereocenters. The molecule has 0 aliphatic carbocycles. The highest BCUT2D eigenvalue weighted by Crippen LogP contribution is 2.19. The van der Waals surface area contributed by atoms with Crippen LogP contribution in [0.2, 0.25) is 0 Å². The molecule has 1 amide bonds. The van der Waals surface area contributed by atoms with Gasteiger partial charge in [-0.15, -0.1) is 0 Å². The van der Waals surface area contributed by atoms with Gasteiger partial charge in [0.15, 0.2) is 0 Å². The van der Waals surface area contributed by atoms with Gasteiger partial charge in [-0.25, -0.2) is 9.10 Å². The summed E-state index contributed by atoms with van der Waals surface area (Å²) in [6.45, 7) is 1.98. The van der Waals surface area contributed by atoms with Gasteiger partial charge in [0.25, 0.3) is 0 Å². The fourth-order valence-electron chi connectivity index (χ4n) is 2.51. The van der Waals surface area contributed by atoms with Gasteiger partial charge in [-0.3, -0.25) is 4.79 Å². The lowest BCUT2D eigenvalue weighted by Gasteiger charge is -2.26. The van der Waals surface area contributed by atoms with E-state index in [1.54, 1.807) is 54.6 Å². The molecule has 0 bridgehead atoms. The summed E-state index contributed by atoms with van der Waals surface area (Å²) >= 11 is 0. The minimum Gasteiger partial charge on any atom is -0.462 e. The van der Waals surface area contributed by atoms with Crippen LogP contribution >= 0.6 is 0 Å². The van der Waals surface area contributed by atoms with Crippen LogP contribution < -0.4 is 9.62 Å². The van der Waals surface area contributed by atoms with Crippen molar-refractivity contribution in [1.82, 2.24) is 4.31 Å². The second-order valence-electron chi connectivity index (χ2n) is 6.75. The molecule has 0 aliphatic heterocycles. The van der Waals surface area contributed by atoms with Gasteiger partial charge < -0.3 is 10.1 Å². The summed E-state index contributed by atoms with van der Waals surface area (Å²) in [6, 6.07) is 14.6. The Balaban J connectivity index is 2.08. The van der Waals surface area contributed by atoms with Gasteiger partial charge in [0.05, 0.1) is 17.9 Å². The third kappa shape index (κ3) is 6.30. The molecule has 0 heterocycles. The first kappa shape index (κ1) is 23.4. The monoisotopic (exact) mass is 433 g/mol. The summed E-state index contributed by atoms with van der Waals surface area (Å²) in [7, 11) is -1.06. The molecular formula is C21H27N3O5S. The molecule has 30 heavy (non-hydrogen) atoms. The predicted molar refractivity (Wildman–Crippen MR) is 117 cm³/mol. The number of unbranched alkanes of at least 4 members (excludes halogenated alkanes) is 1. The van der Waals surface area contributed by atoms with Gasteiger partial charge in [-0.05, 0) is 42.8 Å². The average molecular weight is 434 g/mol. The molecule has 2 rings (SSSR count). The van der Waals surface area contributed by atoms with E-state index in [0.717, 1.165) is 21.5 Å². The Hall–Kier alpha value is -2.91. The van der Waals surface area contributed by atoms with Crippen molar-refractivity contribution >= 4 is 33.5 Å². The molecule has 0 aromatic heterocycles. The molecule has 2 aromatic carbocycles. The third-order valence-corrected chi connectivity index (χ3v) is 6.03. The highest BCUT2D eigenvalue weighted by atomic mass is 32.2. The summed E-state index contributed by atoms with van der Waals surface area (Å²) in [5.74, 6) is -0.934. The molecule has 0 aliphatic rings. The maximum atomic E-state index is 12.7. The van der Waals surface area contributed by atoms with E-state index < -0.39 is 28.6 Å². The molecule has 0 saturated carbocycles. The fraction of sp³-hybridized carbons (Fsp3) is 0.333. The van der Waals surface area contributed by atoms with Crippen molar-refractivity contribution in [2.75, 3.05) is 36.9 Å². The van der Waals surface area contributed by atoms with Crippen molar-refractivity contribution in [3.63, 3.8) is 0 Å². The summed E-state index contributed by atoms with van der Waals surface area (Å²) < 4.78 is 32.6. The number of benzene rings is 2. The maximum Gasteiger partial charge on any atom is 0.338 e. The highest BCUT2D eigenvalue weighted by molar-refractivity contribution is 7.90. The Morgan fingerprint density at radius 3 is 2.20 bits per heavy atom. The number of amides is 1. The summed E-state index contributed by atoms with van der Waals surface area (Å²) in [4.78, 5) is 24.5. The normalized spacial score (nSPS) is 11.2. The second kappa shape index (κ2) is 10.7. The first-order chi connectivity index (χ1) is 14.3. The van der Waals surface area contributed by atoms with Crippen LogP contribution in [0, 0.1) is 0 Å². The lowest BCUT2D eigenvalue weighted by atomic mass is 10.2. The zero-order chi connectivity index (χ0) is 22.1. The topological polar surface area (TPSA) is 96.0 Å². The molecule has 9 heteroatoms. The first-order valence-electron chi connectivity index (χ1n) is 9.58. The Bertz CT molecular complexity index is 944. The van der Waals surface area contributed by atoms with E-state index >= 15 is 0 Å². The van der Waals surface area contributed by atoms with Crippen molar-refractivity contribution in [2.24, 2.45) is 0 Å². The van der Waals surface area contributed by atoms with E-state index in [4.69, 9.17) is 4.74 Å². The third-order valence-electron chi connectivity index (χ3n) is 4.21. The van der Waals surface area contributed by atoms with Crippen LogP contribution in [-0.2, 0) is 19.7 Å². The number of nitrogens with one attached hydrogen (secondary N) is 1. The molecule has 0 saturated heterocycles. The number of ether oxygens (including phenoxy) is 1. The number of carbonyl (C=O) groups is 2. The van der Waals surface area contributed by atoms with Crippen LogP contribution in [0.15, 0.2) is 54.6 Å². The number of hydrogen-bond donors (Lipinski definition) is 1. The Kier molecular flexibility index (Phi) is 8.37. The van der Waals surface area contributed by atoms with Gasteiger partial charge in [0.1, 0.15) is 6.54 Å². The molecule has 0 radical (unpaired) electrons. The Labute approximate surface area is 177 Å². The number of hydrogen-bond acceptors (Lipinski definition) is 5. The van der Waals surface area contributed by atoms with Gasteiger partial charge in [0, 0.05) is 19.8 Å². The van der Waals surface area contributed by atoms with Crippen LogP contribution in [-0.4, -0.2) is 51.8 Å². The molecule has 162 valence electrons. The molecule has 2 aromatic rings. The molecule has 0 fully saturated rings. The van der Waals surface area contributed by atoms with Gasteiger partial charge in [-0.1, -0.05) is 31.5 Å². The van der Waals surface area contributed by atoms with E-state index in [0.29, 0.717) is 23.5 Å². The van der Waals surface area contributed by atoms with E-state index in [1.807, 2.05) is 6.92 Å². The lowest BCUT2D eigenvalue weighted by molar-refractivity contribution is -0.114. The van der Waals surface area contributed by atoms with Crippen LogP contribution in [0.4, 0.5) is 11.4 Å². The predicted octanol–water partition coefficient (Wildman–Crippen LogP) is 2.90. The molecular weight excluding hydrogens is 406 g/mol. The minimum absolute atomic E-state index is 0.365. The van der Waals surface area contributed by atoms with Crippen LogP contribution in [0.25, 0.3) is 0 Å². The number of nitrogens with zero attached hydrogens (tertiary/aromatic N) is 2. The number of carbonyl (C=O) groups excluding carboxylic acids is 2. The van der Waals surface area contributed by atoms with Crippen molar-refractivity contribution in [1.29, 1.82) is 0 Å². The number of anilines is 2. The van der Waals surface area contributed by atoms with Gasteiger partial charge in [0.2, 0.25) is 5.91 Å². The zero-order valence-corrected chi connectivity index (χ0v) is 18.2. The van der Waals surface area contributed by atoms with Crippen molar-refractivity contribution in [3.05, 3.63) is 60.2 Å². The Morgan fingerprint density at radius 1 is 1.00 bits per heavy atom. The number of rotatable bonds is 10. The average Bonchev–Trinajstić information content (AvgIpc) is 2.73. The van der Waals surface area contributed by atoms with Gasteiger partial charge in [-0.2, -0.15) is 12.7 Å². The molecule has 0 spiro atoms. The van der Waals surface area contributed by atoms with Crippen LogP contribution in [0.5, 0.6) is 0 Å². The largest absolute Gasteiger partial charge is 0.462 e. The fourth-order valence-corrected chi connectivity index (χ4v) is 3.57. The SMILES string of the molecule is CCCCOC(=O)c1ccc(NC(=O)CN(c2ccccc2)S(=O)(=O)N(C)C)cc1. The summed E-state index contributed by atoms with van der Waals surface area (Å²) in [5, 5.41) is 2.66. The van der Waals surface area contributed by atoms with E-state index in [2.05, 4.69) is 5.32 Å². The zero-order valence-electron chi connectivity index (χ0n) is 17.4. The first-order valence-corrected chi connectivity index (χ1v) is 11.0. The smallest absolute Gasteiger partial charge is 0.338 e. The minimum atomic E-state index is -3.86. The molecule has 0 atom stereocenters. The molecule has 8 nitrogen and oxygen atoms in total. The van der Waals surface area contributed by atoms with Crippen molar-refractivity contribution < 1.29 is 22.7 Å². The highest BCUT2D eigenvalue weighted by Gasteiger charge is 2.27. The van der Waals surface area contributed by atoms with E-state index in [9.17, 15) is 18.0 Å². The summed E-state index contributed by atoms with van der Waals surface area (Å²) in [5.41, 5.74) is 1.21. The maximum absolute atomic E-state index is 12.7. The van der Waals surface area contributed by atoms with E-state index in [1.165, 1.54) is 14.1 Å². The van der Waals surface area contributed by atoms with E-state index in [-0.39, 0.29) is 0 Å². The Morgan fingerprint density at radius 2 is 1.63 bits per heavy atom. The van der Waals surface area contributed by atoms with Crippen molar-refractivity contribution in [3.8, 4) is 0 Å². The van der Waals surface area contributed by atoms with Crippen molar-refractivity contribution in [2.45, 2.75) is 19.8 Å². The van der Waals surface area contributed by atoms with Gasteiger partial charge >= 0.3 is 16.2 Å². The van der Waals surface area contributed by atoms with Crippen LogP contribution in [0.3, 0.4) is 0 Å². The second-order valence-corrected chi connectivity index (χ2v) is 8.81. The number of esters is 1. The standard InChI is InChI=1S/C21H27N3O5S/c1-4-5-15-29-21(26)17-11-13-18(14-12-17)22-20(25)16-24(30(27,28)23(2)3)19-9-7-6-8-10-19/h6-14H,4-5,15-16H2,1-3H3,(H,22,25). The molecule has 1 N–H and O–H groups in total.